The van der Waals surface area contributed by atoms with Crippen LogP contribution in [0.15, 0.2) is 46.9 Å². The summed E-state index contributed by atoms with van der Waals surface area (Å²) < 4.78 is 21.9. The van der Waals surface area contributed by atoms with Crippen LogP contribution >= 0.6 is 11.3 Å². The van der Waals surface area contributed by atoms with Gasteiger partial charge in [0.2, 0.25) is 10.9 Å². The molecular formula is C22H25N3O4S. The average molecular weight is 428 g/mol. The van der Waals surface area contributed by atoms with Crippen molar-refractivity contribution in [3.8, 4) is 34.3 Å². The Kier molecular flexibility index (Phi) is 7.51. The van der Waals surface area contributed by atoms with E-state index in [0.29, 0.717) is 29.0 Å². The summed E-state index contributed by atoms with van der Waals surface area (Å²) in [5.74, 6) is 2.58. The Labute approximate surface area is 180 Å². The van der Waals surface area contributed by atoms with Crippen LogP contribution in [0.4, 0.5) is 5.13 Å². The Morgan fingerprint density at radius 3 is 2.50 bits per heavy atom. The Balaban J connectivity index is 1.73. The summed E-state index contributed by atoms with van der Waals surface area (Å²) in [7, 11) is 4.85. The van der Waals surface area contributed by atoms with E-state index in [1.165, 1.54) is 11.3 Å². The third-order valence-corrected chi connectivity index (χ3v) is 4.92. The normalized spacial score (nSPS) is 10.8. The molecule has 0 aliphatic carbocycles. The minimum atomic E-state index is 0.585. The van der Waals surface area contributed by atoms with Gasteiger partial charge in [-0.05, 0) is 30.7 Å². The molecule has 0 fully saturated rings. The van der Waals surface area contributed by atoms with Gasteiger partial charge in [-0.1, -0.05) is 19.1 Å². The van der Waals surface area contributed by atoms with Gasteiger partial charge in [-0.3, -0.25) is 5.43 Å². The molecule has 3 aromatic rings. The van der Waals surface area contributed by atoms with Crippen LogP contribution < -0.4 is 24.4 Å². The number of hydrogen-bond donors (Lipinski definition) is 1. The maximum atomic E-state index is 5.76. The molecule has 2 aromatic carbocycles. The van der Waals surface area contributed by atoms with Crippen molar-refractivity contribution in [1.29, 1.82) is 0 Å². The van der Waals surface area contributed by atoms with E-state index in [1.807, 2.05) is 48.7 Å². The van der Waals surface area contributed by atoms with Crippen molar-refractivity contribution in [3.63, 3.8) is 0 Å². The molecule has 158 valence electrons. The van der Waals surface area contributed by atoms with Crippen molar-refractivity contribution in [1.82, 2.24) is 4.98 Å². The molecule has 30 heavy (non-hydrogen) atoms. The first-order valence-electron chi connectivity index (χ1n) is 9.46. The molecule has 0 saturated carbocycles. The average Bonchev–Trinajstić information content (AvgIpc) is 3.26. The molecule has 0 atom stereocenters. The van der Waals surface area contributed by atoms with Gasteiger partial charge >= 0.3 is 0 Å². The van der Waals surface area contributed by atoms with E-state index in [1.54, 1.807) is 27.5 Å². The maximum Gasteiger partial charge on any atom is 0.203 e. The fourth-order valence-corrected chi connectivity index (χ4v) is 3.39. The number of rotatable bonds is 10. The summed E-state index contributed by atoms with van der Waals surface area (Å²) in [6, 6.07) is 11.5. The predicted molar refractivity (Wildman–Crippen MR) is 121 cm³/mol. The minimum Gasteiger partial charge on any atom is -0.497 e. The third-order valence-electron chi connectivity index (χ3n) is 4.18. The van der Waals surface area contributed by atoms with Crippen molar-refractivity contribution in [2.75, 3.05) is 33.4 Å². The summed E-state index contributed by atoms with van der Waals surface area (Å²) in [5, 5.41) is 6.95. The number of benzene rings is 2. The quantitative estimate of drug-likeness (QED) is 0.360. The molecule has 1 heterocycles. The zero-order valence-electron chi connectivity index (χ0n) is 17.5. The highest BCUT2D eigenvalue weighted by Crippen LogP contribution is 2.38. The molecule has 1 aromatic heterocycles. The largest absolute Gasteiger partial charge is 0.497 e. The van der Waals surface area contributed by atoms with E-state index in [4.69, 9.17) is 18.9 Å². The first-order valence-corrected chi connectivity index (χ1v) is 10.3. The van der Waals surface area contributed by atoms with Gasteiger partial charge in [0, 0.05) is 16.5 Å². The van der Waals surface area contributed by atoms with E-state index >= 15 is 0 Å². The topological polar surface area (TPSA) is 74.2 Å². The van der Waals surface area contributed by atoms with Gasteiger partial charge in [0.15, 0.2) is 11.5 Å². The molecule has 7 nitrogen and oxygen atoms in total. The molecule has 0 spiro atoms. The predicted octanol–water partition coefficient (Wildman–Crippen LogP) is 5.07. The molecule has 0 aliphatic heterocycles. The van der Waals surface area contributed by atoms with Crippen molar-refractivity contribution in [2.45, 2.75) is 13.3 Å². The molecule has 0 aliphatic rings. The fourth-order valence-electron chi connectivity index (χ4n) is 2.72. The van der Waals surface area contributed by atoms with Crippen molar-refractivity contribution in [2.24, 2.45) is 5.10 Å². The van der Waals surface area contributed by atoms with Crippen LogP contribution in [0.2, 0.25) is 0 Å². The van der Waals surface area contributed by atoms with Gasteiger partial charge in [0.05, 0.1) is 39.8 Å². The number of hydrogen-bond acceptors (Lipinski definition) is 8. The standard InChI is InChI=1S/C22H25N3O4S/c1-5-9-29-21-19(27-3)10-15(11-20(21)28-4)13-23-25-22-24-18(14-30-22)16-7-6-8-17(12-16)26-2/h6-8,10-14H,5,9H2,1-4H3,(H,24,25)/b23-13-. The number of methoxy groups -OCH3 is 3. The second-order valence-electron chi connectivity index (χ2n) is 6.24. The highest BCUT2D eigenvalue weighted by Gasteiger charge is 2.13. The number of nitrogens with zero attached hydrogens (tertiary/aromatic N) is 2. The van der Waals surface area contributed by atoms with Crippen LogP contribution in [0, 0.1) is 0 Å². The highest BCUT2D eigenvalue weighted by atomic mass is 32.1. The van der Waals surface area contributed by atoms with Gasteiger partial charge in [-0.25, -0.2) is 4.98 Å². The van der Waals surface area contributed by atoms with E-state index in [9.17, 15) is 0 Å². The van der Waals surface area contributed by atoms with Crippen molar-refractivity contribution >= 4 is 22.7 Å². The smallest absolute Gasteiger partial charge is 0.203 e. The number of hydrazone groups is 1. The summed E-state index contributed by atoms with van der Waals surface area (Å²) >= 11 is 1.47. The molecule has 3 rings (SSSR count). The summed E-state index contributed by atoms with van der Waals surface area (Å²) in [4.78, 5) is 4.57. The van der Waals surface area contributed by atoms with E-state index in [0.717, 1.165) is 29.0 Å². The Morgan fingerprint density at radius 1 is 1.07 bits per heavy atom. The molecule has 0 bridgehead atoms. The summed E-state index contributed by atoms with van der Waals surface area (Å²) in [5.41, 5.74) is 5.62. The molecule has 0 radical (unpaired) electrons. The summed E-state index contributed by atoms with van der Waals surface area (Å²) in [6.45, 7) is 2.63. The molecule has 0 saturated heterocycles. The number of ether oxygens (including phenoxy) is 4. The second-order valence-corrected chi connectivity index (χ2v) is 7.10. The molecular weight excluding hydrogens is 402 g/mol. The summed E-state index contributed by atoms with van der Waals surface area (Å²) in [6.07, 6.45) is 2.58. The number of aromatic nitrogens is 1. The monoisotopic (exact) mass is 427 g/mol. The fraction of sp³-hybridized carbons (Fsp3) is 0.273. The van der Waals surface area contributed by atoms with Gasteiger partial charge < -0.3 is 18.9 Å². The minimum absolute atomic E-state index is 0.585. The van der Waals surface area contributed by atoms with Crippen LogP contribution in [0.3, 0.4) is 0 Å². The lowest BCUT2D eigenvalue weighted by atomic mass is 10.2. The van der Waals surface area contributed by atoms with Crippen LogP contribution in [-0.4, -0.2) is 39.1 Å². The SMILES string of the molecule is CCCOc1c(OC)cc(/C=N\Nc2nc(-c3cccc(OC)c3)cs2)cc1OC. The lowest BCUT2D eigenvalue weighted by Crippen LogP contribution is -2.01. The number of anilines is 1. The Morgan fingerprint density at radius 2 is 1.83 bits per heavy atom. The molecule has 0 amide bonds. The van der Waals surface area contributed by atoms with Gasteiger partial charge in [-0.2, -0.15) is 5.10 Å². The zero-order chi connectivity index (χ0) is 21.3. The zero-order valence-corrected chi connectivity index (χ0v) is 18.3. The van der Waals surface area contributed by atoms with Crippen LogP contribution in [0.5, 0.6) is 23.0 Å². The van der Waals surface area contributed by atoms with E-state index < -0.39 is 0 Å². The first-order chi connectivity index (χ1) is 14.7. The maximum absolute atomic E-state index is 5.76. The Bertz CT molecular complexity index is 979. The Hall–Kier alpha value is -3.26. The van der Waals surface area contributed by atoms with Crippen LogP contribution in [0.25, 0.3) is 11.3 Å². The van der Waals surface area contributed by atoms with Crippen LogP contribution in [-0.2, 0) is 0 Å². The van der Waals surface area contributed by atoms with E-state index in [2.05, 4.69) is 15.5 Å². The van der Waals surface area contributed by atoms with E-state index in [-0.39, 0.29) is 0 Å². The number of thiazole rings is 1. The van der Waals surface area contributed by atoms with Gasteiger partial charge in [0.25, 0.3) is 0 Å². The highest BCUT2D eigenvalue weighted by molar-refractivity contribution is 7.14. The van der Waals surface area contributed by atoms with Crippen LogP contribution in [0.1, 0.15) is 18.9 Å². The van der Waals surface area contributed by atoms with Gasteiger partial charge in [-0.15, -0.1) is 11.3 Å². The van der Waals surface area contributed by atoms with Gasteiger partial charge in [0.1, 0.15) is 5.75 Å². The molecule has 8 heteroatoms. The first kappa shape index (κ1) is 21.4. The third kappa shape index (κ3) is 5.21. The van der Waals surface area contributed by atoms with Crippen molar-refractivity contribution < 1.29 is 18.9 Å². The number of nitrogens with one attached hydrogen (secondary N) is 1. The molecule has 0 unspecified atom stereocenters. The molecule has 1 N–H and O–H groups in total. The lowest BCUT2D eigenvalue weighted by Gasteiger charge is -2.14. The van der Waals surface area contributed by atoms with Crippen molar-refractivity contribution in [3.05, 3.63) is 47.3 Å². The second kappa shape index (κ2) is 10.5. The lowest BCUT2D eigenvalue weighted by molar-refractivity contribution is 0.275.